The largest absolute Gasteiger partial charge is 0.383 e. The molecule has 0 bridgehead atoms. The Morgan fingerprint density at radius 3 is 2.77 bits per heavy atom. The first-order chi connectivity index (χ1) is 12.6. The van der Waals surface area contributed by atoms with E-state index in [1.807, 2.05) is 18.3 Å². The SMILES string of the molecule is COCCn1cccc1[C@H]1[C@@H](c2ccccn2)NC(=S)N1CCN(C)C. The van der Waals surface area contributed by atoms with Gasteiger partial charge in [0.2, 0.25) is 0 Å². The second-order valence-corrected chi connectivity index (χ2v) is 7.13. The van der Waals surface area contributed by atoms with Crippen LogP contribution in [0.25, 0.3) is 0 Å². The van der Waals surface area contributed by atoms with E-state index in [-0.39, 0.29) is 12.1 Å². The van der Waals surface area contributed by atoms with E-state index in [2.05, 4.69) is 63.2 Å². The maximum absolute atomic E-state index is 5.69. The highest BCUT2D eigenvalue weighted by Crippen LogP contribution is 2.38. The number of aromatic nitrogens is 2. The molecule has 6 nitrogen and oxygen atoms in total. The topological polar surface area (TPSA) is 45.6 Å². The van der Waals surface area contributed by atoms with Gasteiger partial charge >= 0.3 is 0 Å². The lowest BCUT2D eigenvalue weighted by atomic mass is 10.0. The fraction of sp³-hybridized carbons (Fsp3) is 0.474. The van der Waals surface area contributed by atoms with Crippen molar-refractivity contribution in [2.45, 2.75) is 18.6 Å². The summed E-state index contributed by atoms with van der Waals surface area (Å²) in [5, 5.41) is 4.28. The second-order valence-electron chi connectivity index (χ2n) is 6.74. The number of hydrogen-bond donors (Lipinski definition) is 1. The van der Waals surface area contributed by atoms with Crippen LogP contribution in [0.1, 0.15) is 23.5 Å². The van der Waals surface area contributed by atoms with Crippen LogP contribution in [0.2, 0.25) is 0 Å². The summed E-state index contributed by atoms with van der Waals surface area (Å²) < 4.78 is 7.53. The smallest absolute Gasteiger partial charge is 0.170 e. The molecule has 0 saturated carbocycles. The van der Waals surface area contributed by atoms with Gasteiger partial charge in [0.15, 0.2) is 5.11 Å². The van der Waals surface area contributed by atoms with E-state index < -0.39 is 0 Å². The number of rotatable bonds is 8. The van der Waals surface area contributed by atoms with Crippen LogP contribution in [-0.4, -0.2) is 65.4 Å². The van der Waals surface area contributed by atoms with Crippen molar-refractivity contribution in [1.82, 2.24) is 24.7 Å². The van der Waals surface area contributed by atoms with E-state index in [9.17, 15) is 0 Å². The summed E-state index contributed by atoms with van der Waals surface area (Å²) in [4.78, 5) is 9.05. The summed E-state index contributed by atoms with van der Waals surface area (Å²) >= 11 is 5.69. The van der Waals surface area contributed by atoms with Crippen molar-refractivity contribution in [1.29, 1.82) is 0 Å². The molecule has 0 spiro atoms. The summed E-state index contributed by atoms with van der Waals surface area (Å²) in [6, 6.07) is 10.4. The number of nitrogens with one attached hydrogen (secondary N) is 1. The maximum Gasteiger partial charge on any atom is 0.170 e. The predicted octanol–water partition coefficient (Wildman–Crippen LogP) is 2.06. The van der Waals surface area contributed by atoms with Crippen molar-refractivity contribution in [3.8, 4) is 0 Å². The molecule has 0 amide bonds. The number of thiocarbonyl (C=S) groups is 1. The van der Waals surface area contributed by atoms with Crippen LogP contribution >= 0.6 is 12.2 Å². The minimum Gasteiger partial charge on any atom is -0.383 e. The molecule has 0 unspecified atom stereocenters. The molecule has 1 aliphatic rings. The Labute approximate surface area is 160 Å². The van der Waals surface area contributed by atoms with E-state index >= 15 is 0 Å². The molecular weight excluding hydrogens is 346 g/mol. The van der Waals surface area contributed by atoms with Gasteiger partial charge in [-0.25, -0.2) is 0 Å². The van der Waals surface area contributed by atoms with Gasteiger partial charge in [-0.15, -0.1) is 0 Å². The molecule has 140 valence electrons. The number of methoxy groups -OCH3 is 1. The molecule has 2 atom stereocenters. The summed E-state index contributed by atoms with van der Waals surface area (Å²) in [5.41, 5.74) is 2.23. The lowest BCUT2D eigenvalue weighted by Gasteiger charge is -2.29. The van der Waals surface area contributed by atoms with Gasteiger partial charge in [-0.3, -0.25) is 4.98 Å². The molecule has 2 aromatic heterocycles. The monoisotopic (exact) mass is 373 g/mol. The molecule has 7 heteroatoms. The standard InChI is InChI=1S/C19H27N5OS/c1-22(2)11-12-24-18(16-8-6-10-23(16)13-14-25-3)17(21-19(24)26)15-7-4-5-9-20-15/h4-10,17-18H,11-14H2,1-3H3,(H,21,26)/t17-,18+/m1/s1. The van der Waals surface area contributed by atoms with Gasteiger partial charge in [-0.05, 0) is 50.6 Å². The van der Waals surface area contributed by atoms with Crippen LogP contribution in [0.5, 0.6) is 0 Å². The Morgan fingerprint density at radius 1 is 1.23 bits per heavy atom. The van der Waals surface area contributed by atoms with Crippen LogP contribution in [0.15, 0.2) is 42.7 Å². The van der Waals surface area contributed by atoms with Crippen LogP contribution < -0.4 is 5.32 Å². The summed E-state index contributed by atoms with van der Waals surface area (Å²) in [7, 11) is 5.90. The van der Waals surface area contributed by atoms with Crippen molar-refractivity contribution in [3.63, 3.8) is 0 Å². The maximum atomic E-state index is 5.69. The summed E-state index contributed by atoms with van der Waals surface area (Å²) in [6.07, 6.45) is 3.94. The van der Waals surface area contributed by atoms with E-state index in [0.717, 1.165) is 30.4 Å². The molecule has 1 N–H and O–H groups in total. The molecular formula is C19H27N5OS. The number of pyridine rings is 1. The van der Waals surface area contributed by atoms with Crippen LogP contribution in [0.3, 0.4) is 0 Å². The fourth-order valence-corrected chi connectivity index (χ4v) is 3.70. The Morgan fingerprint density at radius 2 is 2.08 bits per heavy atom. The number of likely N-dealkylation sites (N-methyl/N-ethyl adjacent to an activating group) is 1. The molecule has 2 aromatic rings. The number of nitrogens with zero attached hydrogens (tertiary/aromatic N) is 4. The third-order valence-corrected chi connectivity index (χ3v) is 5.04. The van der Waals surface area contributed by atoms with E-state index in [4.69, 9.17) is 17.0 Å². The summed E-state index contributed by atoms with van der Waals surface area (Å²) in [6.45, 7) is 3.30. The average molecular weight is 374 g/mol. The van der Waals surface area contributed by atoms with E-state index in [1.54, 1.807) is 7.11 Å². The van der Waals surface area contributed by atoms with Gasteiger partial charge in [-0.2, -0.15) is 0 Å². The fourth-order valence-electron chi connectivity index (χ4n) is 3.36. The minimum atomic E-state index is 0.0297. The Kier molecular flexibility index (Phi) is 6.24. The summed E-state index contributed by atoms with van der Waals surface area (Å²) in [5.74, 6) is 0. The Hall–Kier alpha value is -1.96. The van der Waals surface area contributed by atoms with Crippen LogP contribution in [0.4, 0.5) is 0 Å². The van der Waals surface area contributed by atoms with Crippen molar-refractivity contribution in [2.75, 3.05) is 40.9 Å². The lowest BCUT2D eigenvalue weighted by Crippen LogP contribution is -2.36. The third-order valence-electron chi connectivity index (χ3n) is 4.69. The second kappa shape index (κ2) is 8.62. The Balaban J connectivity index is 1.95. The highest BCUT2D eigenvalue weighted by molar-refractivity contribution is 7.80. The molecule has 0 radical (unpaired) electrons. The molecule has 1 aliphatic heterocycles. The van der Waals surface area contributed by atoms with Gasteiger partial charge in [0.1, 0.15) is 0 Å². The van der Waals surface area contributed by atoms with Crippen LogP contribution in [0, 0.1) is 0 Å². The minimum absolute atomic E-state index is 0.0297. The van der Waals surface area contributed by atoms with E-state index in [0.29, 0.717) is 6.61 Å². The van der Waals surface area contributed by atoms with Crippen molar-refractivity contribution < 1.29 is 4.74 Å². The zero-order chi connectivity index (χ0) is 18.5. The van der Waals surface area contributed by atoms with Crippen molar-refractivity contribution >= 4 is 17.3 Å². The quantitative estimate of drug-likeness (QED) is 0.715. The molecule has 0 aliphatic carbocycles. The van der Waals surface area contributed by atoms with E-state index in [1.165, 1.54) is 5.69 Å². The highest BCUT2D eigenvalue weighted by Gasteiger charge is 2.40. The molecule has 26 heavy (non-hydrogen) atoms. The zero-order valence-corrected chi connectivity index (χ0v) is 16.4. The van der Waals surface area contributed by atoms with Crippen molar-refractivity contribution in [2.24, 2.45) is 0 Å². The van der Waals surface area contributed by atoms with Crippen LogP contribution in [-0.2, 0) is 11.3 Å². The highest BCUT2D eigenvalue weighted by atomic mass is 32.1. The molecule has 1 fully saturated rings. The Bertz CT molecular complexity index is 718. The number of hydrogen-bond acceptors (Lipinski definition) is 4. The average Bonchev–Trinajstić information content (AvgIpc) is 3.22. The van der Waals surface area contributed by atoms with Gasteiger partial charge in [0.25, 0.3) is 0 Å². The molecule has 3 heterocycles. The van der Waals surface area contributed by atoms with Crippen molar-refractivity contribution in [3.05, 3.63) is 54.1 Å². The van der Waals surface area contributed by atoms with Gasteiger partial charge in [0.05, 0.1) is 24.4 Å². The van der Waals surface area contributed by atoms with Gasteiger partial charge < -0.3 is 24.4 Å². The van der Waals surface area contributed by atoms with Gasteiger partial charge in [0, 0.05) is 44.8 Å². The molecule has 0 aromatic carbocycles. The first kappa shape index (κ1) is 18.8. The first-order valence-electron chi connectivity index (χ1n) is 8.88. The molecule has 1 saturated heterocycles. The van der Waals surface area contributed by atoms with Gasteiger partial charge in [-0.1, -0.05) is 6.07 Å². The lowest BCUT2D eigenvalue weighted by molar-refractivity contribution is 0.183. The first-order valence-corrected chi connectivity index (χ1v) is 9.29. The normalized spacial score (nSPS) is 20.0. The molecule has 3 rings (SSSR count). The third kappa shape index (κ3) is 4.06. The zero-order valence-electron chi connectivity index (χ0n) is 15.6. The number of ether oxygens (including phenoxy) is 1. The predicted molar refractivity (Wildman–Crippen MR) is 107 cm³/mol.